The van der Waals surface area contributed by atoms with Gasteiger partial charge in [0.05, 0.1) is 4.90 Å². The van der Waals surface area contributed by atoms with Crippen LogP contribution in [0.4, 0.5) is 8.78 Å². The van der Waals surface area contributed by atoms with Crippen LogP contribution < -0.4 is 5.43 Å². The molecule has 2 aromatic rings. The maximum absolute atomic E-state index is 12.6. The molecule has 0 radical (unpaired) electrons. The number of nitrogens with one attached hydrogen (secondary N) is 1. The fourth-order valence-electron chi connectivity index (χ4n) is 1.59. The first-order valence-electron chi connectivity index (χ1n) is 6.05. The number of thiophene rings is 1. The van der Waals surface area contributed by atoms with Crippen LogP contribution in [0.2, 0.25) is 0 Å². The lowest BCUT2D eigenvalue weighted by Gasteiger charge is -2.06. The highest BCUT2D eigenvalue weighted by molar-refractivity contribution is 7.92. The van der Waals surface area contributed by atoms with Crippen molar-refractivity contribution < 1.29 is 26.7 Å². The summed E-state index contributed by atoms with van der Waals surface area (Å²) in [6.45, 7) is 1.10. The molecule has 2 aromatic heterocycles. The monoisotopic (exact) mass is 364 g/mol. The zero-order chi connectivity index (χ0) is 17.2. The third-order valence-electron chi connectivity index (χ3n) is 2.69. The average Bonchev–Trinajstić information content (AvgIpc) is 2.96. The fraction of sp³-hybridized carbons (Fsp3) is 0.250. The molecule has 0 spiro atoms. The van der Waals surface area contributed by atoms with Crippen LogP contribution in [0.1, 0.15) is 21.1 Å². The molecule has 0 aliphatic heterocycles. The number of aryl methyl sites for hydroxylation is 1. The Bertz CT molecular complexity index is 889. The highest BCUT2D eigenvalue weighted by Gasteiger charge is 2.32. The number of hydrogen-bond donors (Lipinski definition) is 1. The molecular formula is C12H10F2N2O5S2. The van der Waals surface area contributed by atoms with Gasteiger partial charge in [-0.3, -0.25) is 9.89 Å². The molecule has 0 aromatic carbocycles. The van der Waals surface area contributed by atoms with Gasteiger partial charge >= 0.3 is 11.7 Å². The molecule has 0 saturated carbocycles. The van der Waals surface area contributed by atoms with Gasteiger partial charge in [0.2, 0.25) is 15.3 Å². The quantitative estimate of drug-likeness (QED) is 0.806. The summed E-state index contributed by atoms with van der Waals surface area (Å²) in [7, 11) is -4.91. The van der Waals surface area contributed by atoms with Crippen molar-refractivity contribution in [2.24, 2.45) is 0 Å². The number of halogens is 2. The van der Waals surface area contributed by atoms with Crippen molar-refractivity contribution in [3.8, 4) is 0 Å². The van der Waals surface area contributed by atoms with E-state index in [1.165, 1.54) is 11.4 Å². The van der Waals surface area contributed by atoms with E-state index in [0.717, 1.165) is 6.07 Å². The topological polar surface area (TPSA) is 106 Å². The van der Waals surface area contributed by atoms with Crippen LogP contribution in [0.15, 0.2) is 27.2 Å². The maximum atomic E-state index is 12.6. The molecule has 1 N–H and O–H groups in total. The number of esters is 1. The second kappa shape index (κ2) is 6.54. The number of carbonyl (C=O) groups excluding carboxylic acids is 1. The van der Waals surface area contributed by atoms with Crippen LogP contribution in [0, 0.1) is 6.92 Å². The molecule has 23 heavy (non-hydrogen) atoms. The third kappa shape index (κ3) is 3.62. The van der Waals surface area contributed by atoms with E-state index in [1.807, 2.05) is 0 Å². The van der Waals surface area contributed by atoms with Gasteiger partial charge in [-0.15, -0.1) is 11.3 Å². The highest BCUT2D eigenvalue weighted by Crippen LogP contribution is 2.27. The summed E-state index contributed by atoms with van der Waals surface area (Å²) in [5, 5.41) is 7.38. The van der Waals surface area contributed by atoms with Gasteiger partial charge in [0.15, 0.2) is 0 Å². The van der Waals surface area contributed by atoms with E-state index in [0.29, 0.717) is 17.0 Å². The smallest absolute Gasteiger partial charge is 0.350 e. The van der Waals surface area contributed by atoms with Crippen molar-refractivity contribution in [3.05, 3.63) is 44.0 Å². The normalized spacial score (nSPS) is 11.7. The number of hydrogen-bond acceptors (Lipinski definition) is 7. The third-order valence-corrected chi connectivity index (χ3v) is 5.14. The zero-order valence-corrected chi connectivity index (χ0v) is 13.2. The van der Waals surface area contributed by atoms with Gasteiger partial charge in [-0.25, -0.2) is 13.2 Å². The molecular weight excluding hydrogens is 354 g/mol. The predicted octanol–water partition coefficient (Wildman–Crippen LogP) is 1.49. The van der Waals surface area contributed by atoms with Crippen LogP contribution >= 0.6 is 11.3 Å². The summed E-state index contributed by atoms with van der Waals surface area (Å²) in [5.41, 5.74) is -0.0620. The first kappa shape index (κ1) is 17.2. The number of aromatic nitrogens is 2. The molecule has 0 atom stereocenters. The summed E-state index contributed by atoms with van der Waals surface area (Å²) in [4.78, 5) is 22.2. The summed E-state index contributed by atoms with van der Waals surface area (Å²) >= 11 is 0.650. The lowest BCUT2D eigenvalue weighted by molar-refractivity contribution is 0.0467. The first-order valence-corrected chi connectivity index (χ1v) is 8.48. The van der Waals surface area contributed by atoms with Gasteiger partial charge in [0.1, 0.15) is 17.2 Å². The average molecular weight is 364 g/mol. The number of rotatable bonds is 5. The molecule has 7 nitrogen and oxygen atoms in total. The van der Waals surface area contributed by atoms with Crippen molar-refractivity contribution in [3.63, 3.8) is 0 Å². The van der Waals surface area contributed by atoms with E-state index < -0.39 is 43.4 Å². The number of sulfone groups is 1. The predicted molar refractivity (Wildman–Crippen MR) is 76.2 cm³/mol. The first-order chi connectivity index (χ1) is 10.7. The van der Waals surface area contributed by atoms with E-state index >= 15 is 0 Å². The number of carbonyl (C=O) groups is 1. The standard InChI is InChI=1S/C12H10F2N2O5S2/c1-6-4-8(17)7(16-15-6)5-21-11(18)10-9(2-3-22-10)23(19,20)12(13)14/h2-4,12H,5H2,1H3,(H,15,17). The molecule has 0 saturated heterocycles. The summed E-state index contributed by atoms with van der Waals surface area (Å²) in [5.74, 6) is -4.77. The SMILES string of the molecule is Cc1cc(=O)c(COC(=O)c2sccc2S(=O)(=O)C(F)F)n[nH]1. The number of H-pyrrole nitrogens is 1. The zero-order valence-electron chi connectivity index (χ0n) is 11.6. The van der Waals surface area contributed by atoms with Crippen molar-refractivity contribution in [1.29, 1.82) is 0 Å². The molecule has 0 fully saturated rings. The van der Waals surface area contributed by atoms with Gasteiger partial charge in [0, 0.05) is 11.8 Å². The van der Waals surface area contributed by atoms with Crippen molar-refractivity contribution in [2.75, 3.05) is 0 Å². The lowest BCUT2D eigenvalue weighted by atomic mass is 10.3. The molecule has 2 heterocycles. The summed E-state index contributed by atoms with van der Waals surface area (Å²) in [6.07, 6.45) is 0. The maximum Gasteiger partial charge on any atom is 0.350 e. The summed E-state index contributed by atoms with van der Waals surface area (Å²) < 4.78 is 52.9. The second-order valence-corrected chi connectivity index (χ2v) is 7.16. The van der Waals surface area contributed by atoms with Crippen LogP contribution in [-0.2, 0) is 21.2 Å². The Morgan fingerprint density at radius 1 is 1.48 bits per heavy atom. The molecule has 0 aliphatic carbocycles. The van der Waals surface area contributed by atoms with Gasteiger partial charge in [-0.1, -0.05) is 0 Å². The van der Waals surface area contributed by atoms with Crippen LogP contribution in [0.25, 0.3) is 0 Å². The lowest BCUT2D eigenvalue weighted by Crippen LogP contribution is -2.18. The Morgan fingerprint density at radius 3 is 2.78 bits per heavy atom. The Morgan fingerprint density at radius 2 is 2.17 bits per heavy atom. The largest absolute Gasteiger partial charge is 0.455 e. The van der Waals surface area contributed by atoms with E-state index in [1.54, 1.807) is 6.92 Å². The number of alkyl halides is 2. The Labute approximate surface area is 132 Å². The number of aromatic amines is 1. The fourth-order valence-corrected chi connectivity index (χ4v) is 3.64. The molecule has 2 rings (SSSR count). The Balaban J connectivity index is 2.20. The Hall–Kier alpha value is -2.14. The van der Waals surface area contributed by atoms with Gasteiger partial charge in [-0.05, 0) is 18.4 Å². The molecule has 0 aliphatic rings. The van der Waals surface area contributed by atoms with Crippen LogP contribution in [0.3, 0.4) is 0 Å². The molecule has 11 heteroatoms. The number of ether oxygens (including phenoxy) is 1. The van der Waals surface area contributed by atoms with Crippen molar-refractivity contribution in [1.82, 2.24) is 10.2 Å². The van der Waals surface area contributed by atoms with E-state index in [2.05, 4.69) is 10.2 Å². The van der Waals surface area contributed by atoms with E-state index in [9.17, 15) is 26.8 Å². The van der Waals surface area contributed by atoms with Gasteiger partial charge < -0.3 is 4.74 Å². The minimum absolute atomic E-state index is 0.0984. The minimum atomic E-state index is -4.91. The van der Waals surface area contributed by atoms with Crippen molar-refractivity contribution in [2.45, 2.75) is 24.2 Å². The number of nitrogens with zero attached hydrogens (tertiary/aromatic N) is 1. The molecule has 124 valence electrons. The van der Waals surface area contributed by atoms with E-state index in [-0.39, 0.29) is 5.69 Å². The molecule has 0 amide bonds. The Kier molecular flexibility index (Phi) is 4.90. The molecule has 0 bridgehead atoms. The highest BCUT2D eigenvalue weighted by atomic mass is 32.2. The second-order valence-electron chi connectivity index (χ2n) is 4.36. The van der Waals surface area contributed by atoms with Gasteiger partial charge in [-0.2, -0.15) is 13.9 Å². The van der Waals surface area contributed by atoms with Crippen molar-refractivity contribution >= 4 is 27.1 Å². The van der Waals surface area contributed by atoms with E-state index in [4.69, 9.17) is 4.74 Å². The van der Waals surface area contributed by atoms with Gasteiger partial charge in [0.25, 0.3) is 0 Å². The summed E-state index contributed by atoms with van der Waals surface area (Å²) in [6, 6.07) is 2.15. The van der Waals surface area contributed by atoms with Crippen LogP contribution in [-0.4, -0.2) is 30.3 Å². The van der Waals surface area contributed by atoms with Crippen LogP contribution in [0.5, 0.6) is 0 Å². The minimum Gasteiger partial charge on any atom is -0.455 e. The molecule has 0 unspecified atom stereocenters.